The van der Waals surface area contributed by atoms with Gasteiger partial charge in [-0.2, -0.15) is 0 Å². The van der Waals surface area contributed by atoms with E-state index < -0.39 is 0 Å². The Balaban J connectivity index is 2.51. The van der Waals surface area contributed by atoms with E-state index in [4.69, 9.17) is 4.42 Å². The van der Waals surface area contributed by atoms with Crippen molar-refractivity contribution < 1.29 is 9.52 Å². The Kier molecular flexibility index (Phi) is 2.69. The number of nitrogens with zero attached hydrogens (tertiary/aromatic N) is 2. The lowest BCUT2D eigenvalue weighted by Gasteiger charge is -2.25. The van der Waals surface area contributed by atoms with E-state index in [2.05, 4.69) is 11.9 Å². The van der Waals surface area contributed by atoms with Crippen molar-refractivity contribution in [2.24, 2.45) is 4.99 Å². The summed E-state index contributed by atoms with van der Waals surface area (Å²) in [5.41, 5.74) is 1.06. The highest BCUT2D eigenvalue weighted by molar-refractivity contribution is 5.97. The first kappa shape index (κ1) is 11.1. The molecule has 0 aliphatic carbocycles. The predicted octanol–water partition coefficient (Wildman–Crippen LogP) is 1.96. The number of aliphatic hydroxyl groups excluding tert-OH is 1. The van der Waals surface area contributed by atoms with Gasteiger partial charge in [-0.1, -0.05) is 6.92 Å². The van der Waals surface area contributed by atoms with Crippen molar-refractivity contribution >= 4 is 11.5 Å². The van der Waals surface area contributed by atoms with Gasteiger partial charge in [0.25, 0.3) is 0 Å². The van der Waals surface area contributed by atoms with Gasteiger partial charge < -0.3 is 9.52 Å². The van der Waals surface area contributed by atoms with E-state index >= 15 is 0 Å². The molecule has 0 bridgehead atoms. The van der Waals surface area contributed by atoms with E-state index in [-0.39, 0.29) is 6.61 Å². The van der Waals surface area contributed by atoms with E-state index in [9.17, 15) is 5.11 Å². The minimum Gasteiger partial charge on any atom is -0.460 e. The zero-order valence-corrected chi connectivity index (χ0v) is 9.90. The number of aliphatic imine (C=N–C) groups is 1. The van der Waals surface area contributed by atoms with Gasteiger partial charge in [0.1, 0.15) is 18.6 Å². The molecule has 1 aromatic heterocycles. The second kappa shape index (κ2) is 3.88. The number of furan rings is 1. The summed E-state index contributed by atoms with van der Waals surface area (Å²) in [6, 6.07) is 2.01. The molecular weight excluding hydrogens is 204 g/mol. The van der Waals surface area contributed by atoms with Gasteiger partial charge in [0.05, 0.1) is 13.2 Å². The van der Waals surface area contributed by atoms with Crippen LogP contribution in [0.4, 0.5) is 5.69 Å². The van der Waals surface area contributed by atoms with Crippen LogP contribution in [0.15, 0.2) is 27.9 Å². The lowest BCUT2D eigenvalue weighted by Crippen LogP contribution is -2.45. The normalized spacial score (nSPS) is 23.9. The van der Waals surface area contributed by atoms with Crippen LogP contribution in [0.2, 0.25) is 0 Å². The highest BCUT2D eigenvalue weighted by atomic mass is 16.3. The van der Waals surface area contributed by atoms with Gasteiger partial charge >= 0.3 is 0 Å². The van der Waals surface area contributed by atoms with E-state index in [1.54, 1.807) is 6.20 Å². The fourth-order valence-electron chi connectivity index (χ4n) is 2.06. The maximum atomic E-state index is 9.32. The van der Waals surface area contributed by atoms with Crippen LogP contribution in [0.3, 0.4) is 0 Å². The zero-order chi connectivity index (χ0) is 11.8. The molecule has 0 saturated carbocycles. The minimum atomic E-state index is -0.0448. The maximum Gasteiger partial charge on any atom is 0.238 e. The van der Waals surface area contributed by atoms with Crippen LogP contribution >= 0.6 is 0 Å². The smallest absolute Gasteiger partial charge is 0.238 e. The molecule has 2 rings (SSSR count). The molecule has 1 unspecified atom stereocenters. The Hall–Kier alpha value is -1.39. The van der Waals surface area contributed by atoms with Gasteiger partial charge in [-0.3, -0.25) is 0 Å². The zero-order valence-electron chi connectivity index (χ0n) is 9.90. The topological polar surface area (TPSA) is 45.7 Å². The molecule has 0 aromatic carbocycles. The third-order valence-corrected chi connectivity index (χ3v) is 3.00. The number of hydrogen-bond acceptors (Lipinski definition) is 3. The lowest BCUT2D eigenvalue weighted by atomic mass is 10.2. The Morgan fingerprint density at radius 3 is 2.88 bits per heavy atom. The van der Waals surface area contributed by atoms with Crippen LogP contribution in [0.1, 0.15) is 18.4 Å². The van der Waals surface area contributed by atoms with Gasteiger partial charge in [0.2, 0.25) is 5.84 Å². The fourth-order valence-corrected chi connectivity index (χ4v) is 2.06. The average molecular weight is 221 g/mol. The van der Waals surface area contributed by atoms with Gasteiger partial charge in [0.15, 0.2) is 11.4 Å². The van der Waals surface area contributed by atoms with Gasteiger partial charge in [0, 0.05) is 12.5 Å². The monoisotopic (exact) mass is 221 g/mol. The summed E-state index contributed by atoms with van der Waals surface area (Å²) in [6.07, 6.45) is 4.52. The summed E-state index contributed by atoms with van der Waals surface area (Å²) in [7, 11) is 2.00. The number of hydrogen-bond donors (Lipinski definition) is 1. The molecule has 16 heavy (non-hydrogen) atoms. The predicted molar refractivity (Wildman–Crippen MR) is 64.2 cm³/mol. The van der Waals surface area contributed by atoms with Crippen LogP contribution in [-0.2, 0) is 6.42 Å². The second-order valence-corrected chi connectivity index (χ2v) is 4.10. The van der Waals surface area contributed by atoms with E-state index in [0.29, 0.717) is 4.48 Å². The largest absolute Gasteiger partial charge is 0.460 e. The molecule has 0 spiro atoms. The van der Waals surface area contributed by atoms with Crippen LogP contribution in [0.5, 0.6) is 0 Å². The average Bonchev–Trinajstić information content (AvgIpc) is 2.82. The molecule has 4 nitrogen and oxygen atoms in total. The van der Waals surface area contributed by atoms with Crippen molar-refractivity contribution in [3.63, 3.8) is 0 Å². The summed E-state index contributed by atoms with van der Waals surface area (Å²) in [4.78, 5) is 4.19. The molecule has 2 heterocycles. The number of amidine groups is 1. The summed E-state index contributed by atoms with van der Waals surface area (Å²) >= 11 is 0. The molecule has 0 fully saturated rings. The van der Waals surface area contributed by atoms with Crippen molar-refractivity contribution in [2.75, 3.05) is 13.7 Å². The molecule has 1 aliphatic rings. The first-order valence-electron chi connectivity index (χ1n) is 5.43. The van der Waals surface area contributed by atoms with Gasteiger partial charge in [-0.15, -0.1) is 0 Å². The third kappa shape index (κ3) is 1.50. The summed E-state index contributed by atoms with van der Waals surface area (Å²) in [6.45, 7) is 3.95. The molecule has 86 valence electrons. The number of aryl methyl sites for hydroxylation is 2. The van der Waals surface area contributed by atoms with Crippen molar-refractivity contribution in [1.29, 1.82) is 0 Å². The molecule has 0 radical (unpaired) electrons. The number of aliphatic hydroxyl groups is 1. The van der Waals surface area contributed by atoms with Crippen LogP contribution in [0.25, 0.3) is 0 Å². The first-order valence-corrected chi connectivity index (χ1v) is 5.43. The summed E-state index contributed by atoms with van der Waals surface area (Å²) in [5, 5.41) is 9.32. The van der Waals surface area contributed by atoms with E-state index in [0.717, 1.165) is 29.5 Å². The third-order valence-electron chi connectivity index (χ3n) is 3.00. The number of rotatable bonds is 3. The Bertz CT molecular complexity index is 460. The van der Waals surface area contributed by atoms with Gasteiger partial charge in [-0.05, 0) is 6.92 Å². The highest BCUT2D eigenvalue weighted by Crippen LogP contribution is 2.32. The Labute approximate surface area is 95.1 Å². The number of quaternary nitrogens is 1. The maximum absolute atomic E-state index is 9.32. The molecular formula is C12H17N2O2+. The van der Waals surface area contributed by atoms with E-state index in [1.807, 2.05) is 26.2 Å². The first-order chi connectivity index (χ1) is 7.61. The lowest BCUT2D eigenvalue weighted by molar-refractivity contribution is 0.344. The molecule has 4 heteroatoms. The van der Waals surface area contributed by atoms with Crippen molar-refractivity contribution in [1.82, 2.24) is 4.48 Å². The van der Waals surface area contributed by atoms with Crippen molar-refractivity contribution in [2.45, 2.75) is 20.3 Å². The SMILES string of the molecule is CCc1oc(C)cc1[N+]1(C)C=CN=C1CO. The molecule has 1 N–H and O–H groups in total. The molecule has 1 aromatic rings. The summed E-state index contributed by atoms with van der Waals surface area (Å²) < 4.78 is 6.06. The van der Waals surface area contributed by atoms with E-state index in [1.165, 1.54) is 0 Å². The molecule has 0 saturated heterocycles. The van der Waals surface area contributed by atoms with Crippen molar-refractivity contribution in [3.8, 4) is 0 Å². The minimum absolute atomic E-state index is 0.0448. The molecule has 1 aliphatic heterocycles. The highest BCUT2D eigenvalue weighted by Gasteiger charge is 2.36. The van der Waals surface area contributed by atoms with Crippen LogP contribution in [0, 0.1) is 6.92 Å². The Morgan fingerprint density at radius 2 is 2.25 bits per heavy atom. The summed E-state index contributed by atoms with van der Waals surface area (Å²) in [5.74, 6) is 2.56. The molecule has 1 atom stereocenters. The van der Waals surface area contributed by atoms with Crippen LogP contribution in [-0.4, -0.2) is 24.6 Å². The standard InChI is InChI=1S/C12H17N2O2/c1-4-11-10(7-9(2)16-11)14(3)6-5-13-12(14)8-15/h5-7,15H,4,8H2,1-3H3/q+1. The molecule has 0 amide bonds. The fraction of sp³-hybridized carbons (Fsp3) is 0.417. The Morgan fingerprint density at radius 1 is 1.50 bits per heavy atom. The van der Waals surface area contributed by atoms with Crippen molar-refractivity contribution in [3.05, 3.63) is 30.0 Å². The van der Waals surface area contributed by atoms with Gasteiger partial charge in [-0.25, -0.2) is 9.48 Å². The van der Waals surface area contributed by atoms with Crippen LogP contribution < -0.4 is 4.48 Å². The quantitative estimate of drug-likeness (QED) is 0.793. The second-order valence-electron chi connectivity index (χ2n) is 4.10. The number of likely N-dealkylation sites (N-methyl/N-ethyl adjacent to an activating group) is 1.